The molecule has 2 nitrogen and oxygen atoms in total. The minimum atomic E-state index is 0.0494. The van der Waals surface area contributed by atoms with Gasteiger partial charge in [-0.3, -0.25) is 0 Å². The lowest BCUT2D eigenvalue weighted by atomic mass is 10.2. The van der Waals surface area contributed by atoms with Crippen LogP contribution in [0.3, 0.4) is 0 Å². The van der Waals surface area contributed by atoms with Crippen molar-refractivity contribution in [2.45, 2.75) is 0 Å². The van der Waals surface area contributed by atoms with Gasteiger partial charge in [-0.2, -0.15) is 0 Å². The maximum atomic E-state index is 8.60. The molecule has 0 spiro atoms. The van der Waals surface area contributed by atoms with E-state index in [-0.39, 0.29) is 6.61 Å². The number of halogens is 1. The van der Waals surface area contributed by atoms with Crippen LogP contribution < -0.4 is 4.74 Å². The minimum Gasteiger partial charge on any atom is -0.491 e. The number of allylic oxidation sites excluding steroid dienone is 1. The van der Waals surface area contributed by atoms with Gasteiger partial charge in [-0.1, -0.05) is 46.9 Å². The maximum Gasteiger partial charge on any atom is 0.120 e. The van der Waals surface area contributed by atoms with Gasteiger partial charge in [0.05, 0.1) is 6.61 Å². The van der Waals surface area contributed by atoms with Gasteiger partial charge in [-0.25, -0.2) is 0 Å². The van der Waals surface area contributed by atoms with Gasteiger partial charge in [0.2, 0.25) is 0 Å². The van der Waals surface area contributed by atoms with E-state index in [1.165, 1.54) is 0 Å². The Labute approximate surface area is 97.7 Å². The van der Waals surface area contributed by atoms with Crippen molar-refractivity contribution >= 4 is 28.7 Å². The molecule has 76 valence electrons. The summed E-state index contributed by atoms with van der Waals surface area (Å²) < 4.78 is 6.29. The Morgan fingerprint density at radius 1 is 1.43 bits per heavy atom. The van der Waals surface area contributed by atoms with Crippen LogP contribution in [-0.4, -0.2) is 22.7 Å². The minimum absolute atomic E-state index is 0.0494. The molecule has 14 heavy (non-hydrogen) atoms. The van der Waals surface area contributed by atoms with E-state index in [0.717, 1.165) is 15.7 Å². The Hall–Kier alpha value is -0.550. The molecule has 0 saturated carbocycles. The van der Waals surface area contributed by atoms with E-state index in [2.05, 4.69) is 34.7 Å². The van der Waals surface area contributed by atoms with E-state index < -0.39 is 0 Å². The van der Waals surface area contributed by atoms with Crippen LogP contribution >= 0.6 is 22.6 Å². The molecule has 0 unspecified atom stereocenters. The Morgan fingerprint density at radius 2 is 2.29 bits per heavy atom. The van der Waals surface area contributed by atoms with Crippen LogP contribution in [0.15, 0.2) is 30.3 Å². The predicted molar refractivity (Wildman–Crippen MR) is 66.9 cm³/mol. The highest BCUT2D eigenvalue weighted by Gasteiger charge is 1.93. The first-order valence-corrected chi connectivity index (χ1v) is 5.95. The van der Waals surface area contributed by atoms with E-state index in [4.69, 9.17) is 9.84 Å². The van der Waals surface area contributed by atoms with E-state index in [9.17, 15) is 0 Å². The van der Waals surface area contributed by atoms with Crippen LogP contribution in [0.4, 0.5) is 0 Å². The second kappa shape index (κ2) is 6.84. The number of hydrogen-bond acceptors (Lipinski definition) is 2. The molecule has 0 fully saturated rings. The SMILES string of the molecule is OCCOc1cccc(/C=C/CI)c1. The normalized spacial score (nSPS) is 10.7. The second-order valence-electron chi connectivity index (χ2n) is 2.70. The molecule has 0 radical (unpaired) electrons. The van der Waals surface area contributed by atoms with Gasteiger partial charge in [-0.15, -0.1) is 0 Å². The number of ether oxygens (including phenoxy) is 1. The number of rotatable bonds is 5. The third kappa shape index (κ3) is 4.11. The first-order chi connectivity index (χ1) is 6.86. The van der Waals surface area contributed by atoms with Crippen molar-refractivity contribution in [3.05, 3.63) is 35.9 Å². The molecule has 0 aromatic heterocycles. The molecule has 1 rings (SSSR count). The largest absolute Gasteiger partial charge is 0.491 e. The fraction of sp³-hybridized carbons (Fsp3) is 0.273. The molecular formula is C11H13IO2. The Bertz CT molecular complexity index is 297. The molecule has 1 aromatic rings. The van der Waals surface area contributed by atoms with Gasteiger partial charge >= 0.3 is 0 Å². The van der Waals surface area contributed by atoms with Crippen LogP contribution in [0.25, 0.3) is 6.08 Å². The predicted octanol–water partition coefficient (Wildman–Crippen LogP) is 2.51. The molecular weight excluding hydrogens is 291 g/mol. The summed E-state index contributed by atoms with van der Waals surface area (Å²) in [5, 5.41) is 8.60. The van der Waals surface area contributed by atoms with Gasteiger partial charge in [0.1, 0.15) is 12.4 Å². The highest BCUT2D eigenvalue weighted by Crippen LogP contribution is 2.14. The fourth-order valence-corrected chi connectivity index (χ4v) is 1.31. The topological polar surface area (TPSA) is 29.5 Å². The first kappa shape index (κ1) is 11.5. The van der Waals surface area contributed by atoms with Gasteiger partial charge in [-0.05, 0) is 17.7 Å². The lowest BCUT2D eigenvalue weighted by Crippen LogP contribution is -2.01. The molecule has 0 amide bonds. The molecule has 0 aliphatic rings. The molecule has 3 heteroatoms. The van der Waals surface area contributed by atoms with Gasteiger partial charge in [0, 0.05) is 4.43 Å². The first-order valence-electron chi connectivity index (χ1n) is 4.43. The van der Waals surface area contributed by atoms with Crippen molar-refractivity contribution < 1.29 is 9.84 Å². The smallest absolute Gasteiger partial charge is 0.120 e. The number of benzene rings is 1. The van der Waals surface area contributed by atoms with Crippen LogP contribution in [0.5, 0.6) is 5.75 Å². The highest BCUT2D eigenvalue weighted by molar-refractivity contribution is 14.1. The van der Waals surface area contributed by atoms with Crippen LogP contribution in [-0.2, 0) is 0 Å². The summed E-state index contributed by atoms with van der Waals surface area (Å²) in [5.74, 6) is 0.801. The third-order valence-electron chi connectivity index (χ3n) is 1.62. The summed E-state index contributed by atoms with van der Waals surface area (Å²) in [7, 11) is 0. The van der Waals surface area contributed by atoms with E-state index in [1.54, 1.807) is 0 Å². The molecule has 0 aliphatic heterocycles. The summed E-state index contributed by atoms with van der Waals surface area (Å²) in [4.78, 5) is 0. The molecule has 0 atom stereocenters. The van der Waals surface area contributed by atoms with Crippen LogP contribution in [0.2, 0.25) is 0 Å². The standard InChI is InChI=1S/C11H13IO2/c12-6-2-4-10-3-1-5-11(9-10)14-8-7-13/h1-5,9,13H,6-8H2/b4-2+. The van der Waals surface area contributed by atoms with Crippen LogP contribution in [0.1, 0.15) is 5.56 Å². The third-order valence-corrected chi connectivity index (χ3v) is 2.13. The van der Waals surface area contributed by atoms with Gasteiger partial charge in [0.15, 0.2) is 0 Å². The summed E-state index contributed by atoms with van der Waals surface area (Å²) in [5.41, 5.74) is 1.12. The number of hydrogen-bond donors (Lipinski definition) is 1. The van der Waals surface area contributed by atoms with Crippen molar-refractivity contribution in [3.8, 4) is 5.75 Å². The summed E-state index contributed by atoms with van der Waals surface area (Å²) in [6.45, 7) is 0.396. The van der Waals surface area contributed by atoms with Crippen LogP contribution in [0, 0.1) is 0 Å². The zero-order valence-electron chi connectivity index (χ0n) is 7.82. The Kier molecular flexibility index (Phi) is 5.63. The monoisotopic (exact) mass is 304 g/mol. The molecule has 0 aliphatic carbocycles. The quantitative estimate of drug-likeness (QED) is 0.669. The molecule has 0 bridgehead atoms. The van der Waals surface area contributed by atoms with E-state index in [1.807, 2.05) is 24.3 Å². The van der Waals surface area contributed by atoms with E-state index in [0.29, 0.717) is 6.61 Å². The Morgan fingerprint density at radius 3 is 3.00 bits per heavy atom. The van der Waals surface area contributed by atoms with Crippen molar-refractivity contribution in [1.82, 2.24) is 0 Å². The van der Waals surface area contributed by atoms with Crippen molar-refractivity contribution in [2.24, 2.45) is 0 Å². The molecule has 1 N–H and O–H groups in total. The lowest BCUT2D eigenvalue weighted by Gasteiger charge is -2.04. The average Bonchev–Trinajstić information content (AvgIpc) is 2.24. The summed E-state index contributed by atoms with van der Waals surface area (Å²) in [6.07, 6.45) is 4.14. The Balaban J connectivity index is 2.63. The zero-order valence-corrected chi connectivity index (χ0v) is 9.98. The number of alkyl halides is 1. The van der Waals surface area contributed by atoms with Crippen molar-refractivity contribution in [2.75, 3.05) is 17.6 Å². The second-order valence-corrected chi connectivity index (χ2v) is 3.58. The number of aliphatic hydroxyl groups excluding tert-OH is 1. The highest BCUT2D eigenvalue weighted by atomic mass is 127. The molecule has 1 aromatic carbocycles. The summed E-state index contributed by atoms with van der Waals surface area (Å²) >= 11 is 2.29. The molecule has 0 saturated heterocycles. The van der Waals surface area contributed by atoms with Gasteiger partial charge < -0.3 is 9.84 Å². The summed E-state index contributed by atoms with van der Waals surface area (Å²) in [6, 6.07) is 7.81. The number of aliphatic hydroxyl groups is 1. The van der Waals surface area contributed by atoms with Crippen molar-refractivity contribution in [1.29, 1.82) is 0 Å². The maximum absolute atomic E-state index is 8.60. The zero-order chi connectivity index (χ0) is 10.2. The average molecular weight is 304 g/mol. The van der Waals surface area contributed by atoms with Crippen molar-refractivity contribution in [3.63, 3.8) is 0 Å². The van der Waals surface area contributed by atoms with Gasteiger partial charge in [0.25, 0.3) is 0 Å². The molecule has 0 heterocycles. The fourth-order valence-electron chi connectivity index (χ4n) is 1.05. The van der Waals surface area contributed by atoms with E-state index >= 15 is 0 Å². The lowest BCUT2D eigenvalue weighted by molar-refractivity contribution is 0.201.